The fourth-order valence-corrected chi connectivity index (χ4v) is 3.86. The van der Waals surface area contributed by atoms with Crippen LogP contribution in [0.1, 0.15) is 12.0 Å². The largest absolute Gasteiger partial charge is 0.352 e. The first-order valence-electron chi connectivity index (χ1n) is 7.54. The molecule has 1 fully saturated rings. The summed E-state index contributed by atoms with van der Waals surface area (Å²) < 4.78 is 25.9. The lowest BCUT2D eigenvalue weighted by Crippen LogP contribution is -2.48. The van der Waals surface area contributed by atoms with Gasteiger partial charge < -0.3 is 10.2 Å². The van der Waals surface area contributed by atoms with Gasteiger partial charge in [-0.2, -0.15) is 4.31 Å². The highest BCUT2D eigenvalue weighted by atomic mass is 35.5. The number of piperazine rings is 1. The smallest absolute Gasteiger partial charge is 0.221 e. The Hall–Kier alpha value is -1.15. The first-order valence-corrected chi connectivity index (χ1v) is 9.53. The van der Waals surface area contributed by atoms with Crippen molar-refractivity contribution in [2.75, 3.05) is 39.0 Å². The molecule has 128 valence electrons. The van der Waals surface area contributed by atoms with Crippen LogP contribution in [0.15, 0.2) is 24.3 Å². The minimum absolute atomic E-state index is 0.0255. The predicted molar refractivity (Wildman–Crippen MR) is 90.8 cm³/mol. The molecule has 0 aromatic heterocycles. The van der Waals surface area contributed by atoms with Gasteiger partial charge in [0.25, 0.3) is 0 Å². The Morgan fingerprint density at radius 3 is 2.39 bits per heavy atom. The Balaban J connectivity index is 1.76. The first kappa shape index (κ1) is 18.2. The maximum Gasteiger partial charge on any atom is 0.221 e. The summed E-state index contributed by atoms with van der Waals surface area (Å²) in [4.78, 5) is 13.9. The lowest BCUT2D eigenvalue weighted by molar-refractivity contribution is -0.120. The summed E-state index contributed by atoms with van der Waals surface area (Å²) in [6.45, 7) is 2.80. The van der Waals surface area contributed by atoms with Crippen molar-refractivity contribution in [2.45, 2.75) is 13.0 Å². The molecular weight excluding hydrogens is 338 g/mol. The molecule has 1 aromatic rings. The molecule has 23 heavy (non-hydrogen) atoms. The standard InChI is InChI=1S/C15H22ClN3O3S/c1-18-7-9-19(10-8-18)23(21,22)11-6-15(20)17-12-13-2-4-14(16)5-3-13/h2-5H,6-12H2,1H3,(H,17,20). The van der Waals surface area contributed by atoms with Crippen LogP contribution in [0.25, 0.3) is 0 Å². The SMILES string of the molecule is CN1CCN(S(=O)(=O)CCC(=O)NCc2ccc(Cl)cc2)CC1. The quantitative estimate of drug-likeness (QED) is 0.820. The third-order valence-electron chi connectivity index (χ3n) is 3.85. The molecule has 0 aliphatic carbocycles. The number of hydrogen-bond acceptors (Lipinski definition) is 4. The van der Waals surface area contributed by atoms with E-state index in [1.54, 1.807) is 12.1 Å². The highest BCUT2D eigenvalue weighted by molar-refractivity contribution is 7.89. The van der Waals surface area contributed by atoms with Gasteiger partial charge in [0.15, 0.2) is 0 Å². The highest BCUT2D eigenvalue weighted by Gasteiger charge is 2.25. The fourth-order valence-electron chi connectivity index (χ4n) is 2.31. The number of nitrogens with one attached hydrogen (secondary N) is 1. The zero-order valence-corrected chi connectivity index (χ0v) is 14.7. The zero-order chi connectivity index (χ0) is 16.9. The monoisotopic (exact) mass is 359 g/mol. The summed E-state index contributed by atoms with van der Waals surface area (Å²) in [5.74, 6) is -0.416. The molecule has 1 aliphatic rings. The maximum absolute atomic E-state index is 12.2. The van der Waals surface area contributed by atoms with Crippen molar-refractivity contribution >= 4 is 27.5 Å². The number of rotatable bonds is 6. The van der Waals surface area contributed by atoms with Gasteiger partial charge in [-0.05, 0) is 24.7 Å². The summed E-state index contributed by atoms with van der Waals surface area (Å²) in [6.07, 6.45) is -0.0255. The molecule has 0 atom stereocenters. The van der Waals surface area contributed by atoms with Crippen molar-refractivity contribution in [3.63, 3.8) is 0 Å². The molecule has 1 amide bonds. The Labute approximate surface area is 142 Å². The predicted octanol–water partition coefficient (Wildman–Crippen LogP) is 0.924. The fraction of sp³-hybridized carbons (Fsp3) is 0.533. The summed E-state index contributed by atoms with van der Waals surface area (Å²) >= 11 is 5.80. The molecular formula is C15H22ClN3O3S. The summed E-state index contributed by atoms with van der Waals surface area (Å²) in [5.41, 5.74) is 0.921. The van der Waals surface area contributed by atoms with Gasteiger partial charge in [0.1, 0.15) is 0 Å². The van der Waals surface area contributed by atoms with Crippen LogP contribution >= 0.6 is 11.6 Å². The van der Waals surface area contributed by atoms with E-state index in [0.29, 0.717) is 24.7 Å². The number of benzene rings is 1. The van der Waals surface area contributed by atoms with Crippen molar-refractivity contribution in [3.05, 3.63) is 34.9 Å². The van der Waals surface area contributed by atoms with Crippen molar-refractivity contribution < 1.29 is 13.2 Å². The third kappa shape index (κ3) is 5.76. The van der Waals surface area contributed by atoms with Gasteiger partial charge in [0.05, 0.1) is 5.75 Å². The van der Waals surface area contributed by atoms with E-state index in [4.69, 9.17) is 11.6 Å². The number of nitrogens with zero attached hydrogens (tertiary/aromatic N) is 2. The van der Waals surface area contributed by atoms with E-state index < -0.39 is 10.0 Å². The van der Waals surface area contributed by atoms with Crippen LogP contribution in [-0.2, 0) is 21.4 Å². The molecule has 0 spiro atoms. The van der Waals surface area contributed by atoms with Gasteiger partial charge in [-0.15, -0.1) is 0 Å². The van der Waals surface area contributed by atoms with E-state index in [1.165, 1.54) is 4.31 Å². The molecule has 0 unspecified atom stereocenters. The number of amides is 1. The van der Waals surface area contributed by atoms with E-state index in [-0.39, 0.29) is 18.1 Å². The van der Waals surface area contributed by atoms with E-state index in [1.807, 2.05) is 19.2 Å². The van der Waals surface area contributed by atoms with Crippen molar-refractivity contribution in [1.29, 1.82) is 0 Å². The molecule has 0 bridgehead atoms. The Kier molecular flexibility index (Phi) is 6.41. The number of likely N-dealkylation sites (N-methyl/N-ethyl adjacent to an activating group) is 1. The van der Waals surface area contributed by atoms with Crippen LogP contribution in [0.3, 0.4) is 0 Å². The van der Waals surface area contributed by atoms with E-state index in [9.17, 15) is 13.2 Å². The molecule has 0 saturated carbocycles. The topological polar surface area (TPSA) is 69.7 Å². The van der Waals surface area contributed by atoms with Crippen molar-refractivity contribution in [1.82, 2.24) is 14.5 Å². The number of sulfonamides is 1. The second-order valence-electron chi connectivity index (χ2n) is 5.67. The number of halogens is 1. The average Bonchev–Trinajstić information content (AvgIpc) is 2.53. The van der Waals surface area contributed by atoms with Gasteiger partial charge in [0.2, 0.25) is 15.9 Å². The van der Waals surface area contributed by atoms with Crippen LogP contribution in [0, 0.1) is 0 Å². The highest BCUT2D eigenvalue weighted by Crippen LogP contribution is 2.10. The van der Waals surface area contributed by atoms with Gasteiger partial charge in [0, 0.05) is 44.2 Å². The summed E-state index contributed by atoms with van der Waals surface area (Å²) in [6, 6.07) is 7.15. The van der Waals surface area contributed by atoms with Crippen LogP contribution in [0.4, 0.5) is 0 Å². The van der Waals surface area contributed by atoms with E-state index in [2.05, 4.69) is 10.2 Å². The molecule has 0 radical (unpaired) electrons. The van der Waals surface area contributed by atoms with Gasteiger partial charge in [-0.1, -0.05) is 23.7 Å². The third-order valence-corrected chi connectivity index (χ3v) is 5.97. The molecule has 1 N–H and O–H groups in total. The molecule has 6 nitrogen and oxygen atoms in total. The lowest BCUT2D eigenvalue weighted by atomic mass is 10.2. The van der Waals surface area contributed by atoms with Gasteiger partial charge >= 0.3 is 0 Å². The van der Waals surface area contributed by atoms with Crippen LogP contribution in [0.2, 0.25) is 5.02 Å². The Morgan fingerprint density at radius 2 is 1.78 bits per heavy atom. The molecule has 1 aromatic carbocycles. The number of carbonyl (C=O) groups excluding carboxylic acids is 1. The van der Waals surface area contributed by atoms with Gasteiger partial charge in [-0.3, -0.25) is 4.79 Å². The maximum atomic E-state index is 12.2. The molecule has 1 aliphatic heterocycles. The summed E-state index contributed by atoms with van der Waals surface area (Å²) in [7, 11) is -1.40. The van der Waals surface area contributed by atoms with Crippen LogP contribution in [-0.4, -0.2) is 62.5 Å². The number of hydrogen-bond donors (Lipinski definition) is 1. The van der Waals surface area contributed by atoms with Crippen molar-refractivity contribution in [2.24, 2.45) is 0 Å². The lowest BCUT2D eigenvalue weighted by Gasteiger charge is -2.31. The molecule has 1 saturated heterocycles. The molecule has 1 heterocycles. The Morgan fingerprint density at radius 1 is 1.17 bits per heavy atom. The molecule has 2 rings (SSSR count). The van der Waals surface area contributed by atoms with Crippen molar-refractivity contribution in [3.8, 4) is 0 Å². The average molecular weight is 360 g/mol. The van der Waals surface area contributed by atoms with Crippen LogP contribution < -0.4 is 5.32 Å². The van der Waals surface area contributed by atoms with Crippen LogP contribution in [0.5, 0.6) is 0 Å². The molecule has 8 heteroatoms. The van der Waals surface area contributed by atoms with Gasteiger partial charge in [-0.25, -0.2) is 8.42 Å². The van der Waals surface area contributed by atoms with E-state index in [0.717, 1.165) is 18.7 Å². The van der Waals surface area contributed by atoms with E-state index >= 15 is 0 Å². The minimum Gasteiger partial charge on any atom is -0.352 e. The first-order chi connectivity index (χ1) is 10.9. The zero-order valence-electron chi connectivity index (χ0n) is 13.2. The normalized spacial score (nSPS) is 17.1. The number of carbonyl (C=O) groups is 1. The second-order valence-corrected chi connectivity index (χ2v) is 8.20. The summed E-state index contributed by atoms with van der Waals surface area (Å²) in [5, 5.41) is 3.37. The second kappa shape index (κ2) is 8.10. The minimum atomic E-state index is -3.36. The Bertz CT molecular complexity index is 626.